The monoisotopic (exact) mass is 209 g/mol. The Labute approximate surface area is 91.5 Å². The zero-order valence-corrected chi connectivity index (χ0v) is 9.76. The molecule has 0 heterocycles. The van der Waals surface area contributed by atoms with E-state index in [-0.39, 0.29) is 11.9 Å². The van der Waals surface area contributed by atoms with Gasteiger partial charge in [-0.25, -0.2) is 4.39 Å². The molecule has 1 unspecified atom stereocenters. The first kappa shape index (κ1) is 12.2. The van der Waals surface area contributed by atoms with Crippen molar-refractivity contribution in [1.29, 1.82) is 0 Å². The Morgan fingerprint density at radius 2 is 2.00 bits per heavy atom. The van der Waals surface area contributed by atoms with E-state index in [0.717, 1.165) is 18.4 Å². The van der Waals surface area contributed by atoms with Crippen molar-refractivity contribution in [1.82, 2.24) is 0 Å². The van der Waals surface area contributed by atoms with Gasteiger partial charge in [0.15, 0.2) is 0 Å². The van der Waals surface area contributed by atoms with Gasteiger partial charge in [-0.05, 0) is 42.9 Å². The molecule has 0 saturated carbocycles. The van der Waals surface area contributed by atoms with Crippen LogP contribution < -0.4 is 5.73 Å². The molecule has 0 amide bonds. The third-order valence-electron chi connectivity index (χ3n) is 2.51. The van der Waals surface area contributed by atoms with Crippen LogP contribution in [0.25, 0.3) is 0 Å². The Hall–Kier alpha value is -0.890. The molecular weight excluding hydrogens is 189 g/mol. The summed E-state index contributed by atoms with van der Waals surface area (Å²) in [5.74, 6) is 0.458. The zero-order chi connectivity index (χ0) is 11.4. The number of aryl methyl sites for hydroxylation is 1. The van der Waals surface area contributed by atoms with E-state index in [4.69, 9.17) is 5.73 Å². The predicted molar refractivity (Wildman–Crippen MR) is 62.3 cm³/mol. The molecule has 1 rings (SSSR count). The smallest absolute Gasteiger partial charge is 0.126 e. The maximum atomic E-state index is 13.3. The molecule has 0 aliphatic rings. The van der Waals surface area contributed by atoms with Crippen LogP contribution in [0, 0.1) is 18.7 Å². The highest BCUT2D eigenvalue weighted by atomic mass is 19.1. The number of nitrogens with two attached hydrogens (primary N) is 1. The maximum Gasteiger partial charge on any atom is 0.126 e. The Morgan fingerprint density at radius 1 is 1.33 bits per heavy atom. The summed E-state index contributed by atoms with van der Waals surface area (Å²) >= 11 is 0. The summed E-state index contributed by atoms with van der Waals surface area (Å²) in [6, 6.07) is 5.49. The van der Waals surface area contributed by atoms with Gasteiger partial charge >= 0.3 is 0 Å². The molecule has 2 N–H and O–H groups in total. The molecule has 0 aliphatic carbocycles. The number of hydrogen-bond donors (Lipinski definition) is 1. The molecule has 1 aromatic rings. The molecule has 1 nitrogen and oxygen atoms in total. The van der Waals surface area contributed by atoms with E-state index in [2.05, 4.69) is 13.8 Å². The molecule has 0 saturated heterocycles. The second-order valence-corrected chi connectivity index (χ2v) is 4.68. The van der Waals surface area contributed by atoms with E-state index in [0.29, 0.717) is 11.5 Å². The average Bonchev–Trinajstić information content (AvgIpc) is 2.10. The lowest BCUT2D eigenvalue weighted by molar-refractivity contribution is 0.492. The Balaban J connectivity index is 2.60. The Bertz CT molecular complexity index is 320. The fourth-order valence-electron chi connectivity index (χ4n) is 1.75. The lowest BCUT2D eigenvalue weighted by atomic mass is 9.97. The maximum absolute atomic E-state index is 13.3. The van der Waals surface area contributed by atoms with Crippen LogP contribution in [0.1, 0.15) is 31.4 Å². The van der Waals surface area contributed by atoms with Gasteiger partial charge in [0.25, 0.3) is 0 Å². The fourth-order valence-corrected chi connectivity index (χ4v) is 1.75. The van der Waals surface area contributed by atoms with Gasteiger partial charge in [-0.2, -0.15) is 0 Å². The summed E-state index contributed by atoms with van der Waals surface area (Å²) in [4.78, 5) is 0. The molecule has 15 heavy (non-hydrogen) atoms. The third-order valence-corrected chi connectivity index (χ3v) is 2.51. The van der Waals surface area contributed by atoms with E-state index in [1.807, 2.05) is 12.1 Å². The highest BCUT2D eigenvalue weighted by Gasteiger charge is 2.07. The minimum absolute atomic E-state index is 0.132. The van der Waals surface area contributed by atoms with Crippen molar-refractivity contribution in [3.05, 3.63) is 35.1 Å². The van der Waals surface area contributed by atoms with Crippen molar-refractivity contribution in [2.24, 2.45) is 11.7 Å². The predicted octanol–water partition coefficient (Wildman–Crippen LogP) is 3.05. The van der Waals surface area contributed by atoms with Gasteiger partial charge in [0.2, 0.25) is 0 Å². The largest absolute Gasteiger partial charge is 0.327 e. The number of rotatable bonds is 4. The molecule has 1 atom stereocenters. The molecule has 0 radical (unpaired) electrons. The SMILES string of the molecule is Cc1ccc(CC(N)CC(C)C)cc1F. The first-order chi connectivity index (χ1) is 6.99. The molecule has 0 spiro atoms. The first-order valence-corrected chi connectivity index (χ1v) is 5.49. The van der Waals surface area contributed by atoms with Crippen molar-refractivity contribution in [3.63, 3.8) is 0 Å². The molecule has 0 bridgehead atoms. The van der Waals surface area contributed by atoms with Crippen molar-refractivity contribution in [2.45, 2.75) is 39.7 Å². The second kappa shape index (κ2) is 5.26. The highest BCUT2D eigenvalue weighted by molar-refractivity contribution is 5.23. The van der Waals surface area contributed by atoms with Crippen LogP contribution in [0.15, 0.2) is 18.2 Å². The van der Waals surface area contributed by atoms with Gasteiger partial charge in [-0.3, -0.25) is 0 Å². The number of benzene rings is 1. The van der Waals surface area contributed by atoms with Crippen LogP contribution in [0.2, 0.25) is 0 Å². The van der Waals surface area contributed by atoms with Crippen LogP contribution in [0.5, 0.6) is 0 Å². The van der Waals surface area contributed by atoms with Crippen LogP contribution in [-0.4, -0.2) is 6.04 Å². The topological polar surface area (TPSA) is 26.0 Å². The summed E-state index contributed by atoms with van der Waals surface area (Å²) in [5, 5.41) is 0. The average molecular weight is 209 g/mol. The normalized spacial score (nSPS) is 13.2. The minimum atomic E-state index is -0.135. The second-order valence-electron chi connectivity index (χ2n) is 4.68. The van der Waals surface area contributed by atoms with Crippen LogP contribution in [0.3, 0.4) is 0 Å². The molecule has 2 heteroatoms. The lowest BCUT2D eigenvalue weighted by Gasteiger charge is -2.14. The van der Waals surface area contributed by atoms with Gasteiger partial charge in [-0.1, -0.05) is 26.0 Å². The Kier molecular flexibility index (Phi) is 4.28. The first-order valence-electron chi connectivity index (χ1n) is 5.49. The molecule has 0 aliphatic heterocycles. The Morgan fingerprint density at radius 3 is 2.53 bits per heavy atom. The number of halogens is 1. The molecular formula is C13H20FN. The van der Waals surface area contributed by atoms with Gasteiger partial charge in [0, 0.05) is 6.04 Å². The summed E-state index contributed by atoms with van der Waals surface area (Å²) in [7, 11) is 0. The van der Waals surface area contributed by atoms with E-state index in [1.165, 1.54) is 0 Å². The molecule has 0 fully saturated rings. The van der Waals surface area contributed by atoms with E-state index in [1.54, 1.807) is 13.0 Å². The van der Waals surface area contributed by atoms with E-state index in [9.17, 15) is 4.39 Å². The summed E-state index contributed by atoms with van der Waals surface area (Å²) in [6.45, 7) is 6.07. The van der Waals surface area contributed by atoms with E-state index < -0.39 is 0 Å². The summed E-state index contributed by atoms with van der Waals surface area (Å²) in [5.41, 5.74) is 7.66. The van der Waals surface area contributed by atoms with Gasteiger partial charge < -0.3 is 5.73 Å². The lowest BCUT2D eigenvalue weighted by Crippen LogP contribution is -2.24. The number of hydrogen-bond acceptors (Lipinski definition) is 1. The van der Waals surface area contributed by atoms with Crippen molar-refractivity contribution < 1.29 is 4.39 Å². The van der Waals surface area contributed by atoms with E-state index >= 15 is 0 Å². The van der Waals surface area contributed by atoms with Crippen molar-refractivity contribution in [2.75, 3.05) is 0 Å². The minimum Gasteiger partial charge on any atom is -0.327 e. The highest BCUT2D eigenvalue weighted by Crippen LogP contribution is 2.13. The van der Waals surface area contributed by atoms with Gasteiger partial charge in [0.1, 0.15) is 5.82 Å². The van der Waals surface area contributed by atoms with Crippen LogP contribution >= 0.6 is 0 Å². The van der Waals surface area contributed by atoms with Gasteiger partial charge in [0.05, 0.1) is 0 Å². The van der Waals surface area contributed by atoms with Crippen LogP contribution in [0.4, 0.5) is 4.39 Å². The summed E-state index contributed by atoms with van der Waals surface area (Å²) in [6.07, 6.45) is 1.74. The zero-order valence-electron chi connectivity index (χ0n) is 9.76. The molecule has 1 aromatic carbocycles. The standard InChI is InChI=1S/C13H20FN/c1-9(2)6-12(15)7-11-5-4-10(3)13(14)8-11/h4-5,8-9,12H,6-7,15H2,1-3H3. The van der Waals surface area contributed by atoms with Gasteiger partial charge in [-0.15, -0.1) is 0 Å². The third kappa shape index (κ3) is 4.00. The molecule has 0 aromatic heterocycles. The van der Waals surface area contributed by atoms with Crippen LogP contribution in [-0.2, 0) is 6.42 Å². The van der Waals surface area contributed by atoms with Crippen molar-refractivity contribution in [3.8, 4) is 0 Å². The fraction of sp³-hybridized carbons (Fsp3) is 0.538. The quantitative estimate of drug-likeness (QED) is 0.810. The van der Waals surface area contributed by atoms with Crippen molar-refractivity contribution >= 4 is 0 Å². The summed E-state index contributed by atoms with van der Waals surface area (Å²) < 4.78 is 13.3. The molecule has 84 valence electrons.